The van der Waals surface area contributed by atoms with Gasteiger partial charge in [-0.15, -0.1) is 0 Å². The average Bonchev–Trinajstić information content (AvgIpc) is 2.65. The Bertz CT molecular complexity index is 964. The summed E-state index contributed by atoms with van der Waals surface area (Å²) in [6, 6.07) is 20.9. The molecular formula is C22H19NO2. The van der Waals surface area contributed by atoms with Gasteiger partial charge in [0.05, 0.1) is 23.7 Å². The molecule has 0 saturated heterocycles. The molecule has 0 atom stereocenters. The molecule has 0 saturated carbocycles. The highest BCUT2D eigenvalue weighted by atomic mass is 16.5. The fourth-order valence-electron chi connectivity index (χ4n) is 3.67. The van der Waals surface area contributed by atoms with Crippen molar-refractivity contribution in [3.63, 3.8) is 0 Å². The molecule has 0 bridgehead atoms. The molecular weight excluding hydrogens is 310 g/mol. The van der Waals surface area contributed by atoms with Gasteiger partial charge in [-0.3, -0.25) is 4.90 Å². The van der Waals surface area contributed by atoms with Crippen LogP contribution in [0.15, 0.2) is 60.7 Å². The molecule has 3 aromatic carbocycles. The van der Waals surface area contributed by atoms with Crippen molar-refractivity contribution in [3.8, 4) is 17.2 Å². The maximum Gasteiger partial charge on any atom is 0.151 e. The molecule has 2 heterocycles. The van der Waals surface area contributed by atoms with Gasteiger partial charge in [0.2, 0.25) is 0 Å². The Morgan fingerprint density at radius 2 is 1.68 bits per heavy atom. The van der Waals surface area contributed by atoms with Crippen LogP contribution in [0.3, 0.4) is 0 Å². The van der Waals surface area contributed by atoms with E-state index >= 15 is 0 Å². The van der Waals surface area contributed by atoms with E-state index in [1.165, 1.54) is 11.1 Å². The van der Waals surface area contributed by atoms with Gasteiger partial charge in [-0.1, -0.05) is 30.3 Å². The van der Waals surface area contributed by atoms with Gasteiger partial charge in [0.1, 0.15) is 5.75 Å². The molecule has 0 fully saturated rings. The summed E-state index contributed by atoms with van der Waals surface area (Å²) in [7, 11) is 0. The fourth-order valence-corrected chi connectivity index (χ4v) is 3.67. The molecule has 3 aromatic rings. The predicted molar refractivity (Wildman–Crippen MR) is 99.8 cm³/mol. The van der Waals surface area contributed by atoms with E-state index in [9.17, 15) is 0 Å². The van der Waals surface area contributed by atoms with E-state index in [4.69, 9.17) is 9.47 Å². The maximum atomic E-state index is 6.17. The van der Waals surface area contributed by atoms with Gasteiger partial charge in [-0.25, -0.2) is 0 Å². The molecule has 3 nitrogen and oxygen atoms in total. The molecule has 0 unspecified atom stereocenters. The van der Waals surface area contributed by atoms with Crippen molar-refractivity contribution in [2.75, 3.05) is 11.5 Å². The van der Waals surface area contributed by atoms with E-state index in [1.807, 2.05) is 18.2 Å². The van der Waals surface area contributed by atoms with E-state index in [2.05, 4.69) is 54.3 Å². The van der Waals surface area contributed by atoms with Crippen LogP contribution >= 0.6 is 0 Å². The lowest BCUT2D eigenvalue weighted by molar-refractivity contribution is 0.289. The number of aryl methyl sites for hydroxylation is 2. The van der Waals surface area contributed by atoms with Crippen LogP contribution in [-0.2, 0) is 6.42 Å². The number of rotatable bonds is 1. The third-order valence-corrected chi connectivity index (χ3v) is 4.84. The Morgan fingerprint density at radius 3 is 2.64 bits per heavy atom. The Kier molecular flexibility index (Phi) is 3.20. The minimum absolute atomic E-state index is 0.775. The van der Waals surface area contributed by atoms with Crippen molar-refractivity contribution in [2.24, 2.45) is 0 Å². The Balaban J connectivity index is 1.77. The lowest BCUT2D eigenvalue weighted by atomic mass is 10.0. The zero-order chi connectivity index (χ0) is 16.8. The van der Waals surface area contributed by atoms with E-state index in [0.717, 1.165) is 53.8 Å². The lowest BCUT2D eigenvalue weighted by Crippen LogP contribution is -2.19. The topological polar surface area (TPSA) is 21.7 Å². The van der Waals surface area contributed by atoms with Crippen LogP contribution in [0.1, 0.15) is 17.5 Å². The molecule has 0 N–H and O–H groups in total. The van der Waals surface area contributed by atoms with Crippen molar-refractivity contribution < 1.29 is 9.47 Å². The first-order valence-corrected chi connectivity index (χ1v) is 8.73. The van der Waals surface area contributed by atoms with Crippen molar-refractivity contribution in [1.29, 1.82) is 0 Å². The number of para-hydroxylation sites is 3. The largest absolute Gasteiger partial charge is 0.491 e. The fraction of sp³-hybridized carbons (Fsp3) is 0.182. The Hall–Kier alpha value is -2.94. The van der Waals surface area contributed by atoms with Gasteiger partial charge in [0.25, 0.3) is 0 Å². The van der Waals surface area contributed by atoms with Gasteiger partial charge in [0.15, 0.2) is 11.5 Å². The second kappa shape index (κ2) is 5.55. The van der Waals surface area contributed by atoms with E-state index in [0.29, 0.717) is 0 Å². The van der Waals surface area contributed by atoms with Crippen LogP contribution in [0.4, 0.5) is 17.1 Å². The van der Waals surface area contributed by atoms with Crippen LogP contribution < -0.4 is 14.4 Å². The Morgan fingerprint density at radius 1 is 0.840 bits per heavy atom. The first kappa shape index (κ1) is 14.4. The monoisotopic (exact) mass is 329 g/mol. The highest BCUT2D eigenvalue weighted by Gasteiger charge is 2.29. The molecule has 0 aliphatic carbocycles. The zero-order valence-electron chi connectivity index (χ0n) is 14.2. The quantitative estimate of drug-likeness (QED) is 0.434. The third kappa shape index (κ3) is 2.27. The van der Waals surface area contributed by atoms with Crippen molar-refractivity contribution in [2.45, 2.75) is 19.8 Å². The van der Waals surface area contributed by atoms with Crippen LogP contribution in [0.25, 0.3) is 0 Å². The summed E-state index contributed by atoms with van der Waals surface area (Å²) in [5, 5.41) is 0. The van der Waals surface area contributed by atoms with Crippen molar-refractivity contribution in [3.05, 3.63) is 71.8 Å². The summed E-state index contributed by atoms with van der Waals surface area (Å²) >= 11 is 0. The average molecular weight is 329 g/mol. The van der Waals surface area contributed by atoms with E-state index in [1.54, 1.807) is 0 Å². The normalized spacial score (nSPS) is 14.7. The van der Waals surface area contributed by atoms with Gasteiger partial charge in [-0.05, 0) is 61.2 Å². The molecule has 0 radical (unpaired) electrons. The number of ether oxygens (including phenoxy) is 2. The first-order valence-electron chi connectivity index (χ1n) is 8.73. The molecule has 25 heavy (non-hydrogen) atoms. The molecule has 0 amide bonds. The number of benzene rings is 3. The number of anilines is 3. The highest BCUT2D eigenvalue weighted by Crippen LogP contribution is 2.53. The molecule has 2 aliphatic rings. The minimum Gasteiger partial charge on any atom is -0.491 e. The standard InChI is InChI=1S/C22H19NO2/c1-15-11-12-18-21(14-15)25-20-10-3-2-8-17(20)23(18)19-9-4-6-16-7-5-13-24-22(16)19/h2-4,6,8-12,14H,5,7,13H2,1H3. The second-order valence-corrected chi connectivity index (χ2v) is 6.59. The highest BCUT2D eigenvalue weighted by molar-refractivity contribution is 5.88. The summed E-state index contributed by atoms with van der Waals surface area (Å²) in [4.78, 5) is 2.26. The van der Waals surface area contributed by atoms with Crippen LogP contribution in [0, 0.1) is 6.92 Å². The van der Waals surface area contributed by atoms with Crippen LogP contribution in [-0.4, -0.2) is 6.61 Å². The minimum atomic E-state index is 0.775. The van der Waals surface area contributed by atoms with Crippen molar-refractivity contribution in [1.82, 2.24) is 0 Å². The van der Waals surface area contributed by atoms with E-state index < -0.39 is 0 Å². The molecule has 0 aromatic heterocycles. The molecule has 2 aliphatic heterocycles. The number of hydrogen-bond donors (Lipinski definition) is 0. The molecule has 5 rings (SSSR count). The zero-order valence-corrected chi connectivity index (χ0v) is 14.2. The smallest absolute Gasteiger partial charge is 0.151 e. The summed E-state index contributed by atoms with van der Waals surface area (Å²) in [5.41, 5.74) is 5.64. The lowest BCUT2D eigenvalue weighted by Gasteiger charge is -2.35. The SMILES string of the molecule is Cc1ccc2c(c1)Oc1ccccc1N2c1cccc2c1OCCC2. The number of fused-ring (bicyclic) bond motifs is 3. The van der Waals surface area contributed by atoms with Crippen LogP contribution in [0.5, 0.6) is 17.2 Å². The Labute approximate surface area is 147 Å². The maximum absolute atomic E-state index is 6.17. The molecule has 3 heteroatoms. The summed E-state index contributed by atoms with van der Waals surface area (Å²) in [6.07, 6.45) is 2.14. The van der Waals surface area contributed by atoms with Gasteiger partial charge < -0.3 is 9.47 Å². The summed E-state index contributed by atoms with van der Waals surface area (Å²) in [6.45, 7) is 2.86. The van der Waals surface area contributed by atoms with Crippen LogP contribution in [0.2, 0.25) is 0 Å². The second-order valence-electron chi connectivity index (χ2n) is 6.59. The summed E-state index contributed by atoms with van der Waals surface area (Å²) < 4.78 is 12.3. The third-order valence-electron chi connectivity index (χ3n) is 4.84. The van der Waals surface area contributed by atoms with E-state index in [-0.39, 0.29) is 0 Å². The number of hydrogen-bond acceptors (Lipinski definition) is 3. The predicted octanol–water partition coefficient (Wildman–Crippen LogP) is 5.90. The van der Waals surface area contributed by atoms with Gasteiger partial charge in [-0.2, -0.15) is 0 Å². The van der Waals surface area contributed by atoms with Crippen molar-refractivity contribution >= 4 is 17.1 Å². The first-order chi connectivity index (χ1) is 12.3. The van der Waals surface area contributed by atoms with Gasteiger partial charge >= 0.3 is 0 Å². The molecule has 124 valence electrons. The molecule has 0 spiro atoms. The van der Waals surface area contributed by atoms with Gasteiger partial charge in [0, 0.05) is 0 Å². The summed E-state index contributed by atoms with van der Waals surface area (Å²) in [5.74, 6) is 2.75. The number of nitrogens with zero attached hydrogens (tertiary/aromatic N) is 1.